The van der Waals surface area contributed by atoms with Gasteiger partial charge in [-0.05, 0) is 24.6 Å². The molecule has 0 unspecified atom stereocenters. The van der Waals surface area contributed by atoms with Crippen molar-refractivity contribution in [2.24, 2.45) is 0 Å². The highest BCUT2D eigenvalue weighted by Crippen LogP contribution is 2.08. The lowest BCUT2D eigenvalue weighted by Crippen LogP contribution is -2.13. The Balaban J connectivity index is 2.20. The van der Waals surface area contributed by atoms with Crippen LogP contribution in [0, 0.1) is 0 Å². The van der Waals surface area contributed by atoms with Crippen LogP contribution in [0.4, 0.5) is 0 Å². The monoisotopic (exact) mass is 253 g/mol. The van der Waals surface area contributed by atoms with Gasteiger partial charge < -0.3 is 10.1 Å². The van der Waals surface area contributed by atoms with Crippen molar-refractivity contribution in [2.45, 2.75) is 13.5 Å². The minimum absolute atomic E-state index is 0.305. The van der Waals surface area contributed by atoms with Crippen LogP contribution < -0.4 is 5.32 Å². The molecule has 0 radical (unpaired) electrons. The van der Waals surface area contributed by atoms with Gasteiger partial charge in [0.25, 0.3) is 0 Å². The van der Waals surface area contributed by atoms with Gasteiger partial charge in [0.05, 0.1) is 6.61 Å². The van der Waals surface area contributed by atoms with E-state index >= 15 is 0 Å². The van der Waals surface area contributed by atoms with E-state index in [4.69, 9.17) is 16.3 Å². The van der Waals surface area contributed by atoms with E-state index in [1.165, 1.54) is 6.08 Å². The zero-order valence-electron chi connectivity index (χ0n) is 9.78. The largest absolute Gasteiger partial charge is 0.463 e. The number of hydrogen-bond donors (Lipinski definition) is 1. The molecule has 4 heteroatoms. The van der Waals surface area contributed by atoms with Crippen molar-refractivity contribution >= 4 is 17.6 Å². The second-order valence-corrected chi connectivity index (χ2v) is 3.85. The third-order valence-corrected chi connectivity index (χ3v) is 2.30. The van der Waals surface area contributed by atoms with E-state index in [0.717, 1.165) is 17.1 Å². The molecule has 0 aliphatic rings. The summed E-state index contributed by atoms with van der Waals surface area (Å²) in [5, 5.41) is 3.91. The summed E-state index contributed by atoms with van der Waals surface area (Å²) in [6, 6.07) is 7.63. The maximum absolute atomic E-state index is 11.0. The maximum Gasteiger partial charge on any atom is 0.330 e. The van der Waals surface area contributed by atoms with E-state index in [2.05, 4.69) is 5.32 Å². The zero-order valence-corrected chi connectivity index (χ0v) is 10.5. The van der Waals surface area contributed by atoms with Gasteiger partial charge in [-0.15, -0.1) is 0 Å². The fourth-order valence-corrected chi connectivity index (χ4v) is 1.37. The normalized spacial score (nSPS) is 10.7. The summed E-state index contributed by atoms with van der Waals surface area (Å²) in [5.74, 6) is -0.305. The van der Waals surface area contributed by atoms with E-state index in [9.17, 15) is 4.79 Å². The molecule has 0 heterocycles. The molecular weight excluding hydrogens is 238 g/mol. The highest BCUT2D eigenvalue weighted by atomic mass is 35.5. The van der Waals surface area contributed by atoms with Gasteiger partial charge in [-0.25, -0.2) is 4.79 Å². The average Bonchev–Trinajstić information content (AvgIpc) is 2.31. The predicted molar refractivity (Wildman–Crippen MR) is 68.9 cm³/mol. The molecule has 0 spiro atoms. The summed E-state index contributed by atoms with van der Waals surface area (Å²) in [5.41, 5.74) is 1.15. The van der Waals surface area contributed by atoms with Crippen molar-refractivity contribution in [2.75, 3.05) is 13.2 Å². The first kappa shape index (κ1) is 13.7. The van der Waals surface area contributed by atoms with Gasteiger partial charge in [0, 0.05) is 24.2 Å². The molecule has 0 amide bonds. The lowest BCUT2D eigenvalue weighted by molar-refractivity contribution is -0.137. The summed E-state index contributed by atoms with van der Waals surface area (Å²) >= 11 is 5.78. The number of halogens is 1. The quantitative estimate of drug-likeness (QED) is 0.481. The van der Waals surface area contributed by atoms with Crippen molar-refractivity contribution in [3.05, 3.63) is 47.0 Å². The van der Waals surface area contributed by atoms with Crippen molar-refractivity contribution in [1.29, 1.82) is 0 Å². The molecule has 0 aliphatic carbocycles. The Kier molecular flexibility index (Phi) is 6.37. The SMILES string of the molecule is CCOC(=O)/C=C/CNCc1ccc(Cl)cc1. The average molecular weight is 254 g/mol. The third-order valence-electron chi connectivity index (χ3n) is 2.05. The van der Waals surface area contributed by atoms with E-state index in [1.54, 1.807) is 13.0 Å². The Morgan fingerprint density at radius 2 is 2.12 bits per heavy atom. The first-order valence-corrected chi connectivity index (χ1v) is 5.88. The van der Waals surface area contributed by atoms with Crippen LogP contribution in [-0.2, 0) is 16.1 Å². The van der Waals surface area contributed by atoms with Gasteiger partial charge in [0.15, 0.2) is 0 Å². The van der Waals surface area contributed by atoms with Crippen LogP contribution in [-0.4, -0.2) is 19.1 Å². The molecule has 0 saturated carbocycles. The Hall–Kier alpha value is -1.32. The topological polar surface area (TPSA) is 38.3 Å². The maximum atomic E-state index is 11.0. The van der Waals surface area contributed by atoms with Crippen molar-refractivity contribution in [3.63, 3.8) is 0 Å². The summed E-state index contributed by atoms with van der Waals surface area (Å²) in [4.78, 5) is 11.0. The zero-order chi connectivity index (χ0) is 12.5. The van der Waals surface area contributed by atoms with Gasteiger partial charge in [-0.1, -0.05) is 29.8 Å². The molecule has 0 atom stereocenters. The summed E-state index contributed by atoms with van der Waals surface area (Å²) in [7, 11) is 0. The molecule has 0 aliphatic heterocycles. The summed E-state index contributed by atoms with van der Waals surface area (Å²) in [6.45, 7) is 3.55. The Morgan fingerprint density at radius 1 is 1.41 bits per heavy atom. The van der Waals surface area contributed by atoms with Gasteiger partial charge in [0.1, 0.15) is 0 Å². The number of rotatable bonds is 6. The molecule has 0 fully saturated rings. The Morgan fingerprint density at radius 3 is 2.76 bits per heavy atom. The molecule has 0 saturated heterocycles. The molecule has 0 aromatic heterocycles. The Bertz CT molecular complexity index is 374. The van der Waals surface area contributed by atoms with Gasteiger partial charge in [-0.2, -0.15) is 0 Å². The van der Waals surface area contributed by atoms with Crippen molar-refractivity contribution in [3.8, 4) is 0 Å². The van der Waals surface area contributed by atoms with Crippen LogP contribution in [0.3, 0.4) is 0 Å². The Labute approximate surface area is 106 Å². The number of benzene rings is 1. The number of nitrogens with one attached hydrogen (secondary N) is 1. The van der Waals surface area contributed by atoms with E-state index in [-0.39, 0.29) is 5.97 Å². The molecular formula is C13H16ClNO2. The molecule has 92 valence electrons. The van der Waals surface area contributed by atoms with Gasteiger partial charge >= 0.3 is 5.97 Å². The van der Waals surface area contributed by atoms with Crippen LogP contribution in [0.2, 0.25) is 5.02 Å². The number of hydrogen-bond acceptors (Lipinski definition) is 3. The smallest absolute Gasteiger partial charge is 0.330 e. The number of esters is 1. The van der Waals surface area contributed by atoms with E-state index < -0.39 is 0 Å². The molecule has 0 bridgehead atoms. The predicted octanol–water partition coefficient (Wildman–Crippen LogP) is 2.55. The van der Waals surface area contributed by atoms with Crippen LogP contribution >= 0.6 is 11.6 Å². The van der Waals surface area contributed by atoms with E-state index in [0.29, 0.717) is 13.2 Å². The van der Waals surface area contributed by atoms with Crippen LogP contribution in [0.25, 0.3) is 0 Å². The van der Waals surface area contributed by atoms with Crippen molar-refractivity contribution in [1.82, 2.24) is 5.32 Å². The fraction of sp³-hybridized carbons (Fsp3) is 0.308. The van der Waals surface area contributed by atoms with Crippen LogP contribution in [0.15, 0.2) is 36.4 Å². The first-order chi connectivity index (χ1) is 8.22. The molecule has 17 heavy (non-hydrogen) atoms. The van der Waals surface area contributed by atoms with Crippen LogP contribution in [0.1, 0.15) is 12.5 Å². The second-order valence-electron chi connectivity index (χ2n) is 3.41. The van der Waals surface area contributed by atoms with Crippen LogP contribution in [0.5, 0.6) is 0 Å². The molecule has 3 nitrogen and oxygen atoms in total. The number of carbonyl (C=O) groups is 1. The highest BCUT2D eigenvalue weighted by Gasteiger charge is 1.93. The second kappa shape index (κ2) is 7.87. The number of carbonyl (C=O) groups excluding carboxylic acids is 1. The molecule has 1 N–H and O–H groups in total. The minimum atomic E-state index is -0.305. The highest BCUT2D eigenvalue weighted by molar-refractivity contribution is 6.30. The van der Waals surface area contributed by atoms with Gasteiger partial charge in [0.2, 0.25) is 0 Å². The van der Waals surface area contributed by atoms with E-state index in [1.807, 2.05) is 24.3 Å². The number of ether oxygens (including phenoxy) is 1. The van der Waals surface area contributed by atoms with Crippen molar-refractivity contribution < 1.29 is 9.53 Å². The molecule has 1 rings (SSSR count). The lowest BCUT2D eigenvalue weighted by atomic mass is 10.2. The summed E-state index contributed by atoms with van der Waals surface area (Å²) in [6.07, 6.45) is 3.17. The standard InChI is InChI=1S/C13H16ClNO2/c1-2-17-13(16)4-3-9-15-10-11-5-7-12(14)8-6-11/h3-8,15H,2,9-10H2,1H3/b4-3+. The summed E-state index contributed by atoms with van der Waals surface area (Å²) < 4.78 is 4.75. The fourth-order valence-electron chi connectivity index (χ4n) is 1.25. The lowest BCUT2D eigenvalue weighted by Gasteiger charge is -2.01. The van der Waals surface area contributed by atoms with Gasteiger partial charge in [-0.3, -0.25) is 0 Å². The molecule has 1 aromatic carbocycles. The third kappa shape index (κ3) is 6.09. The first-order valence-electron chi connectivity index (χ1n) is 5.51. The molecule has 1 aromatic rings. The minimum Gasteiger partial charge on any atom is -0.463 e.